The van der Waals surface area contributed by atoms with Crippen molar-refractivity contribution in [1.29, 1.82) is 0 Å². The van der Waals surface area contributed by atoms with Crippen LogP contribution in [-0.2, 0) is 4.79 Å². The molecule has 0 bridgehead atoms. The summed E-state index contributed by atoms with van der Waals surface area (Å²) in [6, 6.07) is 8.11. The topological polar surface area (TPSA) is 68.2 Å². The summed E-state index contributed by atoms with van der Waals surface area (Å²) in [5.74, 6) is 1.38. The molecule has 8 heteroatoms. The van der Waals surface area contributed by atoms with Crippen LogP contribution in [0.25, 0.3) is 21.5 Å². The largest absolute Gasteiger partial charge is 0.497 e. The molecule has 0 spiro atoms. The summed E-state index contributed by atoms with van der Waals surface area (Å²) < 4.78 is 10.8. The molecule has 3 heterocycles. The van der Waals surface area contributed by atoms with Crippen LogP contribution in [0.4, 0.5) is 0 Å². The highest BCUT2D eigenvalue weighted by atomic mass is 32.2. The van der Waals surface area contributed by atoms with Crippen LogP contribution in [0, 0.1) is 0 Å². The minimum Gasteiger partial charge on any atom is -0.497 e. The number of carbonyl (C=O) groups is 1. The molecule has 0 aliphatic carbocycles. The molecular weight excluding hydrogens is 392 g/mol. The number of benzene rings is 1. The number of fused-ring (bicyclic) bond motifs is 1. The van der Waals surface area contributed by atoms with Crippen LogP contribution in [0.3, 0.4) is 0 Å². The van der Waals surface area contributed by atoms with Crippen molar-refractivity contribution in [3.05, 3.63) is 30.6 Å². The number of hydrogen-bond donors (Lipinski definition) is 0. The Labute approximate surface area is 172 Å². The smallest absolute Gasteiger partial charge is 0.233 e. The van der Waals surface area contributed by atoms with Crippen molar-refractivity contribution in [2.75, 3.05) is 19.4 Å². The second-order valence-electron chi connectivity index (χ2n) is 6.84. The number of likely N-dealkylation sites (tertiary alicyclic amines) is 1. The van der Waals surface area contributed by atoms with E-state index in [-0.39, 0.29) is 5.91 Å². The Bertz CT molecular complexity index is 974. The Morgan fingerprint density at radius 2 is 2.11 bits per heavy atom. The molecular formula is C20H22N4O2S2. The molecule has 1 saturated heterocycles. The lowest BCUT2D eigenvalue weighted by atomic mass is 10.0. The first kappa shape index (κ1) is 19.1. The van der Waals surface area contributed by atoms with Crippen LogP contribution >= 0.6 is 23.3 Å². The van der Waals surface area contributed by atoms with Crippen LogP contribution in [0.1, 0.15) is 26.2 Å². The summed E-state index contributed by atoms with van der Waals surface area (Å²) in [7, 11) is 1.65. The minimum absolute atomic E-state index is 0.184. The fraction of sp³-hybridized carbons (Fsp3) is 0.400. The highest BCUT2D eigenvalue weighted by molar-refractivity contribution is 8.00. The summed E-state index contributed by atoms with van der Waals surface area (Å²) >= 11 is 2.86. The molecule has 146 valence electrons. The highest BCUT2D eigenvalue weighted by Crippen LogP contribution is 2.35. The molecule has 0 radical (unpaired) electrons. The van der Waals surface area contributed by atoms with E-state index >= 15 is 0 Å². The van der Waals surface area contributed by atoms with E-state index in [2.05, 4.69) is 21.3 Å². The zero-order valence-corrected chi connectivity index (χ0v) is 17.6. The average molecular weight is 415 g/mol. The van der Waals surface area contributed by atoms with Gasteiger partial charge in [-0.15, -0.1) is 0 Å². The maximum absolute atomic E-state index is 12.6. The first-order valence-corrected chi connectivity index (χ1v) is 11.1. The average Bonchev–Trinajstić information content (AvgIpc) is 3.17. The van der Waals surface area contributed by atoms with Gasteiger partial charge in [-0.25, -0.2) is 9.97 Å². The highest BCUT2D eigenvalue weighted by Gasteiger charge is 2.23. The monoisotopic (exact) mass is 414 g/mol. The van der Waals surface area contributed by atoms with Crippen LogP contribution < -0.4 is 4.74 Å². The summed E-state index contributed by atoms with van der Waals surface area (Å²) in [4.78, 5) is 23.5. The Morgan fingerprint density at radius 3 is 2.86 bits per heavy atom. The molecule has 0 saturated carbocycles. The molecule has 1 aromatic carbocycles. The van der Waals surface area contributed by atoms with E-state index < -0.39 is 0 Å². The number of ether oxygens (including phenoxy) is 1. The zero-order valence-electron chi connectivity index (χ0n) is 15.9. The van der Waals surface area contributed by atoms with Gasteiger partial charge >= 0.3 is 0 Å². The van der Waals surface area contributed by atoms with Gasteiger partial charge in [0.25, 0.3) is 0 Å². The van der Waals surface area contributed by atoms with E-state index in [1.807, 2.05) is 29.2 Å². The van der Waals surface area contributed by atoms with Crippen molar-refractivity contribution in [1.82, 2.24) is 19.2 Å². The van der Waals surface area contributed by atoms with Gasteiger partial charge < -0.3 is 9.64 Å². The number of methoxy groups -OCH3 is 1. The lowest BCUT2D eigenvalue weighted by Crippen LogP contribution is -2.42. The molecule has 2 aromatic heterocycles. The van der Waals surface area contributed by atoms with E-state index in [0.717, 1.165) is 51.6 Å². The standard InChI is InChI=1S/C20H22N4O2S2/c1-13-5-3-4-10-24(13)16(25)11-27-20-19-18(21-12-22-20)17(23-28-19)14-6-8-15(26-2)9-7-14/h6-9,12-13H,3-5,10-11H2,1-2H3/t13-/m1/s1. The molecule has 1 aliphatic rings. The molecule has 1 atom stereocenters. The number of carbonyl (C=O) groups excluding carboxylic acids is 1. The van der Waals surface area contributed by atoms with E-state index in [0.29, 0.717) is 11.8 Å². The Hall–Kier alpha value is -2.19. The van der Waals surface area contributed by atoms with Crippen LogP contribution in [-0.4, -0.2) is 50.6 Å². The molecule has 1 aliphatic heterocycles. The summed E-state index contributed by atoms with van der Waals surface area (Å²) in [6.07, 6.45) is 4.95. The first-order valence-electron chi connectivity index (χ1n) is 9.34. The fourth-order valence-corrected chi connectivity index (χ4v) is 5.27. The molecule has 4 rings (SSSR count). The van der Waals surface area contributed by atoms with Crippen molar-refractivity contribution >= 4 is 39.4 Å². The first-order chi connectivity index (χ1) is 13.7. The molecule has 3 aromatic rings. The number of thioether (sulfide) groups is 1. The fourth-order valence-electron chi connectivity index (χ4n) is 3.47. The SMILES string of the molecule is COc1ccc(-c2nsc3c(SCC(=O)N4CCCC[C@H]4C)ncnc23)cc1. The van der Waals surface area contributed by atoms with Gasteiger partial charge in [-0.1, -0.05) is 11.8 Å². The number of piperidine rings is 1. The van der Waals surface area contributed by atoms with Crippen molar-refractivity contribution < 1.29 is 9.53 Å². The molecule has 28 heavy (non-hydrogen) atoms. The Balaban J connectivity index is 1.54. The van der Waals surface area contributed by atoms with Gasteiger partial charge in [-0.2, -0.15) is 4.37 Å². The third kappa shape index (κ3) is 3.84. The Kier molecular flexibility index (Phi) is 5.77. The maximum Gasteiger partial charge on any atom is 0.233 e. The third-order valence-electron chi connectivity index (χ3n) is 5.04. The second kappa shape index (κ2) is 8.45. The summed E-state index contributed by atoms with van der Waals surface area (Å²) in [6.45, 7) is 3.00. The van der Waals surface area contributed by atoms with Crippen LogP contribution in [0.2, 0.25) is 0 Å². The minimum atomic E-state index is 0.184. The molecule has 0 unspecified atom stereocenters. The predicted octanol–water partition coefficient (Wildman–Crippen LogP) is 4.26. The van der Waals surface area contributed by atoms with E-state index in [9.17, 15) is 4.79 Å². The molecule has 6 nitrogen and oxygen atoms in total. The van der Waals surface area contributed by atoms with Gasteiger partial charge in [0.2, 0.25) is 5.91 Å². The van der Waals surface area contributed by atoms with Crippen LogP contribution in [0.5, 0.6) is 5.75 Å². The van der Waals surface area contributed by atoms with Gasteiger partial charge in [0.05, 0.1) is 12.9 Å². The van der Waals surface area contributed by atoms with Crippen molar-refractivity contribution in [3.63, 3.8) is 0 Å². The molecule has 1 amide bonds. The van der Waals surface area contributed by atoms with Gasteiger partial charge in [-0.3, -0.25) is 4.79 Å². The summed E-state index contributed by atoms with van der Waals surface area (Å²) in [5.41, 5.74) is 2.65. The zero-order chi connectivity index (χ0) is 19.5. The number of hydrogen-bond acceptors (Lipinski definition) is 7. The second-order valence-corrected chi connectivity index (χ2v) is 8.57. The van der Waals surface area contributed by atoms with Crippen molar-refractivity contribution in [2.24, 2.45) is 0 Å². The number of rotatable bonds is 5. The lowest BCUT2D eigenvalue weighted by Gasteiger charge is -2.33. The lowest BCUT2D eigenvalue weighted by molar-refractivity contribution is -0.131. The van der Waals surface area contributed by atoms with Gasteiger partial charge in [-0.05, 0) is 62.0 Å². The van der Waals surface area contributed by atoms with E-state index in [1.54, 1.807) is 13.4 Å². The Morgan fingerprint density at radius 1 is 1.29 bits per heavy atom. The quantitative estimate of drug-likeness (QED) is 0.459. The summed E-state index contributed by atoms with van der Waals surface area (Å²) in [5, 5.41) is 0.820. The third-order valence-corrected chi connectivity index (χ3v) is 6.99. The predicted molar refractivity (Wildman–Crippen MR) is 113 cm³/mol. The maximum atomic E-state index is 12.6. The van der Waals surface area contributed by atoms with Gasteiger partial charge in [0.15, 0.2) is 0 Å². The van der Waals surface area contributed by atoms with Gasteiger partial charge in [0, 0.05) is 18.2 Å². The van der Waals surface area contributed by atoms with E-state index in [1.165, 1.54) is 29.7 Å². The van der Waals surface area contributed by atoms with Crippen molar-refractivity contribution in [2.45, 2.75) is 37.3 Å². The number of nitrogens with zero attached hydrogens (tertiary/aromatic N) is 4. The molecule has 1 fully saturated rings. The normalized spacial score (nSPS) is 17.1. The van der Waals surface area contributed by atoms with Crippen LogP contribution in [0.15, 0.2) is 35.6 Å². The van der Waals surface area contributed by atoms with Gasteiger partial charge in [0.1, 0.15) is 33.0 Å². The number of amides is 1. The number of aromatic nitrogens is 3. The van der Waals surface area contributed by atoms with E-state index in [4.69, 9.17) is 4.74 Å². The van der Waals surface area contributed by atoms with Crippen molar-refractivity contribution in [3.8, 4) is 17.0 Å². The molecule has 0 N–H and O–H groups in total.